The molecule has 0 saturated carbocycles. The van der Waals surface area contributed by atoms with E-state index in [0.717, 1.165) is 31.1 Å². The molecule has 0 unspecified atom stereocenters. The van der Waals surface area contributed by atoms with Crippen molar-refractivity contribution in [1.82, 2.24) is 19.4 Å². The molecule has 2 aliphatic rings. The molecule has 2 aliphatic heterocycles. The van der Waals surface area contributed by atoms with Crippen LogP contribution in [0.15, 0.2) is 29.1 Å². The molecule has 4 heterocycles. The van der Waals surface area contributed by atoms with Crippen LogP contribution in [-0.4, -0.2) is 51.4 Å². The molecule has 0 radical (unpaired) electrons. The fourth-order valence-electron chi connectivity index (χ4n) is 3.65. The standard InChI is InChI=1S/C17H22N4O2/c1-13-4-5-16(23-13)17(22)20-10-14-8-18-12-21(14)15(11-20)9-19-6-2-3-7-19/h4-5,8,12,15H,2-3,6-7,9-11H2,1H3/t15-/m0/s1. The third-order valence-corrected chi connectivity index (χ3v) is 4.83. The zero-order valence-corrected chi connectivity index (χ0v) is 13.4. The van der Waals surface area contributed by atoms with Gasteiger partial charge in [0.05, 0.1) is 24.6 Å². The van der Waals surface area contributed by atoms with Crippen molar-refractivity contribution >= 4 is 5.91 Å². The van der Waals surface area contributed by atoms with E-state index in [1.165, 1.54) is 12.8 Å². The number of aromatic nitrogens is 2. The van der Waals surface area contributed by atoms with Crippen molar-refractivity contribution in [3.05, 3.63) is 41.9 Å². The molecule has 0 spiro atoms. The molecule has 4 rings (SSSR count). The van der Waals surface area contributed by atoms with Crippen LogP contribution in [0.4, 0.5) is 0 Å². The zero-order valence-electron chi connectivity index (χ0n) is 13.4. The van der Waals surface area contributed by atoms with Gasteiger partial charge >= 0.3 is 0 Å². The van der Waals surface area contributed by atoms with Gasteiger partial charge in [-0.3, -0.25) is 4.79 Å². The van der Waals surface area contributed by atoms with Gasteiger partial charge in [-0.25, -0.2) is 4.98 Å². The minimum Gasteiger partial charge on any atom is -0.456 e. The summed E-state index contributed by atoms with van der Waals surface area (Å²) in [5.74, 6) is 1.16. The Morgan fingerprint density at radius 3 is 2.91 bits per heavy atom. The number of furan rings is 1. The number of carbonyl (C=O) groups excluding carboxylic acids is 1. The van der Waals surface area contributed by atoms with Crippen molar-refractivity contribution in [3.63, 3.8) is 0 Å². The Labute approximate surface area is 135 Å². The highest BCUT2D eigenvalue weighted by molar-refractivity contribution is 5.91. The Hall–Kier alpha value is -2.08. The number of hydrogen-bond acceptors (Lipinski definition) is 4. The molecule has 1 amide bonds. The van der Waals surface area contributed by atoms with Crippen LogP contribution in [0.5, 0.6) is 0 Å². The normalized spacial score (nSPS) is 21.6. The highest BCUT2D eigenvalue weighted by atomic mass is 16.3. The molecule has 23 heavy (non-hydrogen) atoms. The van der Waals surface area contributed by atoms with E-state index in [-0.39, 0.29) is 11.9 Å². The molecule has 0 N–H and O–H groups in total. The molecular formula is C17H22N4O2. The van der Waals surface area contributed by atoms with Gasteiger partial charge in [0.15, 0.2) is 5.76 Å². The predicted octanol–water partition coefficient (Wildman–Crippen LogP) is 2.08. The largest absolute Gasteiger partial charge is 0.456 e. The molecule has 0 aliphatic carbocycles. The lowest BCUT2D eigenvalue weighted by Gasteiger charge is -2.36. The summed E-state index contributed by atoms with van der Waals surface area (Å²) < 4.78 is 7.74. The highest BCUT2D eigenvalue weighted by Crippen LogP contribution is 2.25. The molecule has 2 aromatic heterocycles. The van der Waals surface area contributed by atoms with Gasteiger partial charge in [0, 0.05) is 19.3 Å². The molecule has 122 valence electrons. The first-order valence-corrected chi connectivity index (χ1v) is 8.29. The average Bonchev–Trinajstić information content (AvgIpc) is 3.27. The summed E-state index contributed by atoms with van der Waals surface area (Å²) in [5, 5.41) is 0. The van der Waals surface area contributed by atoms with Crippen molar-refractivity contribution in [2.24, 2.45) is 0 Å². The van der Waals surface area contributed by atoms with Crippen molar-refractivity contribution in [2.45, 2.75) is 32.4 Å². The fourth-order valence-corrected chi connectivity index (χ4v) is 3.65. The van der Waals surface area contributed by atoms with Crippen molar-refractivity contribution < 1.29 is 9.21 Å². The average molecular weight is 314 g/mol. The van der Waals surface area contributed by atoms with E-state index in [0.29, 0.717) is 18.8 Å². The summed E-state index contributed by atoms with van der Waals surface area (Å²) in [6, 6.07) is 3.86. The maximum Gasteiger partial charge on any atom is 0.289 e. The second-order valence-electron chi connectivity index (χ2n) is 6.55. The van der Waals surface area contributed by atoms with Gasteiger partial charge in [-0.15, -0.1) is 0 Å². The third kappa shape index (κ3) is 2.79. The van der Waals surface area contributed by atoms with E-state index in [2.05, 4.69) is 14.5 Å². The number of nitrogens with zero attached hydrogens (tertiary/aromatic N) is 4. The van der Waals surface area contributed by atoms with Gasteiger partial charge in [-0.2, -0.15) is 0 Å². The maximum absolute atomic E-state index is 12.7. The Kier molecular flexibility index (Phi) is 3.69. The van der Waals surface area contributed by atoms with E-state index in [1.807, 2.05) is 30.4 Å². The summed E-state index contributed by atoms with van der Waals surface area (Å²) in [4.78, 5) is 21.4. The third-order valence-electron chi connectivity index (χ3n) is 4.83. The van der Waals surface area contributed by atoms with Crippen LogP contribution >= 0.6 is 0 Å². The summed E-state index contributed by atoms with van der Waals surface area (Å²) >= 11 is 0. The van der Waals surface area contributed by atoms with Gasteiger partial charge in [-0.1, -0.05) is 0 Å². The van der Waals surface area contributed by atoms with Crippen molar-refractivity contribution in [1.29, 1.82) is 0 Å². The number of carbonyl (C=O) groups is 1. The smallest absolute Gasteiger partial charge is 0.289 e. The van der Waals surface area contributed by atoms with E-state index < -0.39 is 0 Å². The molecule has 6 nitrogen and oxygen atoms in total. The van der Waals surface area contributed by atoms with E-state index in [4.69, 9.17) is 4.42 Å². The molecule has 2 aromatic rings. The monoisotopic (exact) mass is 314 g/mol. The summed E-state index contributed by atoms with van der Waals surface area (Å²) in [6.45, 7) is 6.45. The Morgan fingerprint density at radius 1 is 1.35 bits per heavy atom. The lowest BCUT2D eigenvalue weighted by atomic mass is 10.1. The maximum atomic E-state index is 12.7. The number of fused-ring (bicyclic) bond motifs is 1. The Morgan fingerprint density at radius 2 is 2.17 bits per heavy atom. The summed E-state index contributed by atoms with van der Waals surface area (Å²) in [6.07, 6.45) is 6.31. The topological polar surface area (TPSA) is 54.5 Å². The minimum absolute atomic E-state index is 0.0306. The first kappa shape index (κ1) is 14.5. The molecule has 1 saturated heterocycles. The van der Waals surface area contributed by atoms with Crippen molar-refractivity contribution in [2.75, 3.05) is 26.2 Å². The summed E-state index contributed by atoms with van der Waals surface area (Å²) in [5.41, 5.74) is 1.09. The minimum atomic E-state index is -0.0306. The van der Waals surface area contributed by atoms with Crippen LogP contribution in [0, 0.1) is 6.92 Å². The number of aryl methyl sites for hydroxylation is 1. The van der Waals surface area contributed by atoms with E-state index in [9.17, 15) is 4.79 Å². The predicted molar refractivity (Wildman–Crippen MR) is 85.1 cm³/mol. The van der Waals surface area contributed by atoms with Crippen LogP contribution < -0.4 is 0 Å². The summed E-state index contributed by atoms with van der Waals surface area (Å²) in [7, 11) is 0. The lowest BCUT2D eigenvalue weighted by molar-refractivity contribution is 0.0625. The Balaban J connectivity index is 1.55. The van der Waals surface area contributed by atoms with Gasteiger partial charge in [0.1, 0.15) is 5.76 Å². The molecule has 1 fully saturated rings. The number of hydrogen-bond donors (Lipinski definition) is 0. The first-order valence-electron chi connectivity index (χ1n) is 8.29. The molecule has 0 aromatic carbocycles. The van der Waals surface area contributed by atoms with Gasteiger partial charge in [-0.05, 0) is 45.0 Å². The molecular weight excluding hydrogens is 292 g/mol. The van der Waals surface area contributed by atoms with E-state index >= 15 is 0 Å². The Bertz CT molecular complexity index is 699. The van der Waals surface area contributed by atoms with Crippen LogP contribution in [0.2, 0.25) is 0 Å². The zero-order chi connectivity index (χ0) is 15.8. The van der Waals surface area contributed by atoms with Crippen molar-refractivity contribution in [3.8, 4) is 0 Å². The van der Waals surface area contributed by atoms with Gasteiger partial charge < -0.3 is 18.8 Å². The molecule has 0 bridgehead atoms. The highest BCUT2D eigenvalue weighted by Gasteiger charge is 2.31. The van der Waals surface area contributed by atoms with E-state index in [1.54, 1.807) is 6.07 Å². The van der Waals surface area contributed by atoms with Crippen LogP contribution in [0.3, 0.4) is 0 Å². The number of rotatable bonds is 3. The van der Waals surface area contributed by atoms with Crippen LogP contribution in [0.1, 0.15) is 40.9 Å². The van der Waals surface area contributed by atoms with Gasteiger partial charge in [0.25, 0.3) is 5.91 Å². The number of amides is 1. The first-order chi connectivity index (χ1) is 11.2. The molecule has 1 atom stereocenters. The number of likely N-dealkylation sites (tertiary alicyclic amines) is 1. The second-order valence-corrected chi connectivity index (χ2v) is 6.55. The molecule has 6 heteroatoms. The lowest BCUT2D eigenvalue weighted by Crippen LogP contribution is -2.44. The quantitative estimate of drug-likeness (QED) is 0.870. The fraction of sp³-hybridized carbons (Fsp3) is 0.529. The van der Waals surface area contributed by atoms with Crippen LogP contribution in [-0.2, 0) is 6.54 Å². The number of imidazole rings is 1. The van der Waals surface area contributed by atoms with Crippen LogP contribution in [0.25, 0.3) is 0 Å². The SMILES string of the molecule is Cc1ccc(C(=O)N2Cc3cncn3[C@@H](CN3CCCC3)C2)o1. The second kappa shape index (κ2) is 5.85. The van der Waals surface area contributed by atoms with Gasteiger partial charge in [0.2, 0.25) is 0 Å².